The van der Waals surface area contributed by atoms with Gasteiger partial charge in [0.1, 0.15) is 10.1 Å². The van der Waals surface area contributed by atoms with Crippen molar-refractivity contribution >= 4 is 22.1 Å². The van der Waals surface area contributed by atoms with Gasteiger partial charge in [0.2, 0.25) is 0 Å². The molecule has 19 heavy (non-hydrogen) atoms. The van der Waals surface area contributed by atoms with Gasteiger partial charge in [0.05, 0.1) is 6.61 Å². The van der Waals surface area contributed by atoms with Crippen LogP contribution in [-0.2, 0) is 24.4 Å². The van der Waals surface area contributed by atoms with Crippen molar-refractivity contribution < 1.29 is 91.5 Å². The molecule has 0 aromatic heterocycles. The Labute approximate surface area is 156 Å². The number of hydrogen-bond donors (Lipinski definition) is 0. The third-order valence-electron chi connectivity index (χ3n) is 1.96. The first-order valence-corrected chi connectivity index (χ1v) is 6.57. The van der Waals surface area contributed by atoms with E-state index in [0.29, 0.717) is 6.42 Å². The minimum absolute atomic E-state index is 0. The van der Waals surface area contributed by atoms with Crippen LogP contribution in [0.5, 0.6) is 0 Å². The van der Waals surface area contributed by atoms with Gasteiger partial charge in [-0.25, -0.2) is 8.42 Å². The Morgan fingerprint density at radius 1 is 1.21 bits per heavy atom. The molecule has 0 N–H and O–H groups in total. The monoisotopic (exact) mass is 312 g/mol. The van der Waals surface area contributed by atoms with Gasteiger partial charge in [-0.05, 0) is 6.42 Å². The molecule has 0 heterocycles. The molecule has 1 unspecified atom stereocenters. The second kappa shape index (κ2) is 12.6. The first kappa shape index (κ1) is 24.8. The Morgan fingerprint density at radius 3 is 2.11 bits per heavy atom. The summed E-state index contributed by atoms with van der Waals surface area (Å²) in [5, 5.41) is 7.99. The molecule has 0 rings (SSSR count). The SMILES string of the molecule is CCCCCOC(=O)C(CC(=O)[O-])S(=O)(=O)[O-].[Na+].[Na+]. The summed E-state index contributed by atoms with van der Waals surface area (Å²) in [7, 11) is -5.05. The van der Waals surface area contributed by atoms with Gasteiger partial charge >= 0.3 is 65.1 Å². The molecular weight excluding hydrogens is 298 g/mol. The molecule has 0 bridgehead atoms. The van der Waals surface area contributed by atoms with Gasteiger partial charge < -0.3 is 19.2 Å². The summed E-state index contributed by atoms with van der Waals surface area (Å²) in [5.74, 6) is -3.12. The Morgan fingerprint density at radius 2 is 1.74 bits per heavy atom. The van der Waals surface area contributed by atoms with E-state index in [-0.39, 0.29) is 65.7 Å². The standard InChI is InChI=1S/C9H16O7S.2Na/c1-2-3-4-5-16-9(12)7(6-8(10)11)17(13,14)15;;/h7H,2-6H2,1H3,(H,10,11)(H,13,14,15);;/q;2*+1/p-2. The third-order valence-corrected chi connectivity index (χ3v) is 3.01. The van der Waals surface area contributed by atoms with Crippen molar-refractivity contribution in [1.29, 1.82) is 0 Å². The molecule has 0 radical (unpaired) electrons. The molecule has 1 atom stereocenters. The van der Waals surface area contributed by atoms with Gasteiger partial charge in [0.25, 0.3) is 0 Å². The summed E-state index contributed by atoms with van der Waals surface area (Å²) < 4.78 is 36.5. The van der Waals surface area contributed by atoms with E-state index in [9.17, 15) is 27.7 Å². The molecule has 0 saturated heterocycles. The molecule has 0 spiro atoms. The summed E-state index contributed by atoms with van der Waals surface area (Å²) in [6.45, 7) is 1.88. The molecular formula is C9H14Na2O7S. The average Bonchev–Trinajstić information content (AvgIpc) is 2.19. The summed E-state index contributed by atoms with van der Waals surface area (Å²) >= 11 is 0. The molecule has 0 fully saturated rings. The van der Waals surface area contributed by atoms with Crippen LogP contribution in [0.3, 0.4) is 0 Å². The van der Waals surface area contributed by atoms with Crippen LogP contribution in [0.15, 0.2) is 0 Å². The van der Waals surface area contributed by atoms with Crippen molar-refractivity contribution in [3.05, 3.63) is 0 Å². The number of hydrogen-bond acceptors (Lipinski definition) is 7. The molecule has 0 aromatic rings. The van der Waals surface area contributed by atoms with Gasteiger partial charge in [0.15, 0.2) is 5.25 Å². The zero-order chi connectivity index (χ0) is 13.5. The fourth-order valence-electron chi connectivity index (χ4n) is 1.07. The van der Waals surface area contributed by atoms with E-state index in [1.54, 1.807) is 0 Å². The van der Waals surface area contributed by atoms with Crippen molar-refractivity contribution in [2.24, 2.45) is 0 Å². The zero-order valence-corrected chi connectivity index (χ0v) is 16.2. The van der Waals surface area contributed by atoms with E-state index < -0.39 is 33.7 Å². The Balaban J connectivity index is -0.00000128. The van der Waals surface area contributed by atoms with Gasteiger partial charge in [-0.15, -0.1) is 0 Å². The summed E-state index contributed by atoms with van der Waals surface area (Å²) in [4.78, 5) is 21.4. The maximum atomic E-state index is 11.2. The zero-order valence-electron chi connectivity index (χ0n) is 11.4. The van der Waals surface area contributed by atoms with Gasteiger partial charge in [-0.3, -0.25) is 4.79 Å². The number of ether oxygens (including phenoxy) is 1. The first-order valence-electron chi connectivity index (χ1n) is 5.10. The molecule has 10 heteroatoms. The number of carbonyl (C=O) groups is 2. The van der Waals surface area contributed by atoms with Crippen LogP contribution < -0.4 is 64.2 Å². The van der Waals surface area contributed by atoms with Crippen LogP contribution in [0.1, 0.15) is 32.6 Å². The number of unbranched alkanes of at least 4 members (excludes halogenated alkanes) is 2. The van der Waals surface area contributed by atoms with Gasteiger partial charge in [0, 0.05) is 12.4 Å². The average molecular weight is 312 g/mol. The van der Waals surface area contributed by atoms with Crippen LogP contribution in [0, 0.1) is 0 Å². The molecule has 7 nitrogen and oxygen atoms in total. The number of carboxylic acids is 1. The van der Waals surface area contributed by atoms with Crippen LogP contribution in [0.25, 0.3) is 0 Å². The van der Waals surface area contributed by atoms with E-state index in [1.807, 2.05) is 6.92 Å². The fraction of sp³-hybridized carbons (Fsp3) is 0.778. The Bertz CT molecular complexity index is 369. The minimum Gasteiger partial charge on any atom is -0.747 e. The van der Waals surface area contributed by atoms with Crippen LogP contribution in [0.2, 0.25) is 0 Å². The number of esters is 1. The van der Waals surface area contributed by atoms with Crippen molar-refractivity contribution in [3.8, 4) is 0 Å². The number of rotatable bonds is 8. The van der Waals surface area contributed by atoms with E-state index in [2.05, 4.69) is 4.74 Å². The van der Waals surface area contributed by atoms with Crippen LogP contribution in [-0.4, -0.2) is 36.8 Å². The number of aliphatic carboxylic acids is 1. The largest absolute Gasteiger partial charge is 1.00 e. The summed E-state index contributed by atoms with van der Waals surface area (Å²) in [5.41, 5.74) is 0. The third kappa shape index (κ3) is 12.3. The topological polar surface area (TPSA) is 124 Å². The van der Waals surface area contributed by atoms with Crippen molar-refractivity contribution in [1.82, 2.24) is 0 Å². The molecule has 0 amide bonds. The smallest absolute Gasteiger partial charge is 0.747 e. The van der Waals surface area contributed by atoms with Gasteiger partial charge in [-0.1, -0.05) is 19.8 Å². The minimum atomic E-state index is -5.05. The molecule has 0 aromatic carbocycles. The second-order valence-electron chi connectivity index (χ2n) is 3.43. The quantitative estimate of drug-likeness (QED) is 0.189. The maximum absolute atomic E-state index is 11.2. The first-order chi connectivity index (χ1) is 7.79. The van der Waals surface area contributed by atoms with Crippen molar-refractivity contribution in [2.75, 3.05) is 6.61 Å². The fourth-order valence-corrected chi connectivity index (χ4v) is 1.72. The normalized spacial score (nSPS) is 11.7. The summed E-state index contributed by atoms with van der Waals surface area (Å²) in [6, 6.07) is 0. The van der Waals surface area contributed by atoms with Crippen LogP contribution >= 0.6 is 0 Å². The van der Waals surface area contributed by atoms with Crippen molar-refractivity contribution in [2.45, 2.75) is 37.9 Å². The Kier molecular flexibility index (Phi) is 16.4. The predicted octanol–water partition coefficient (Wildman–Crippen LogP) is -7.22. The molecule has 0 aliphatic heterocycles. The molecule has 0 aliphatic rings. The van der Waals surface area contributed by atoms with Gasteiger partial charge in [-0.2, -0.15) is 0 Å². The second-order valence-corrected chi connectivity index (χ2v) is 4.99. The predicted molar refractivity (Wildman–Crippen MR) is 53.6 cm³/mol. The molecule has 100 valence electrons. The van der Waals surface area contributed by atoms with E-state index >= 15 is 0 Å². The molecule has 0 aliphatic carbocycles. The van der Waals surface area contributed by atoms with E-state index in [0.717, 1.165) is 12.8 Å². The summed E-state index contributed by atoms with van der Waals surface area (Å²) in [6.07, 6.45) is 1.00. The maximum Gasteiger partial charge on any atom is 1.00 e. The van der Waals surface area contributed by atoms with Crippen molar-refractivity contribution in [3.63, 3.8) is 0 Å². The molecule has 0 saturated carbocycles. The van der Waals surface area contributed by atoms with E-state index in [4.69, 9.17) is 0 Å². The van der Waals surface area contributed by atoms with E-state index in [1.165, 1.54) is 0 Å². The Hall–Kier alpha value is 0.850. The number of carboxylic acid groups (broad SMARTS) is 1. The van der Waals surface area contributed by atoms with Crippen LogP contribution in [0.4, 0.5) is 0 Å². The number of carbonyl (C=O) groups excluding carboxylic acids is 2.